The van der Waals surface area contributed by atoms with E-state index in [1.165, 1.54) is 11.1 Å². The van der Waals surface area contributed by atoms with Crippen LogP contribution in [0.3, 0.4) is 0 Å². The van der Waals surface area contributed by atoms with Crippen LogP contribution in [0.5, 0.6) is 0 Å². The minimum absolute atomic E-state index is 0.0381. The maximum atomic E-state index is 12.6. The van der Waals surface area contributed by atoms with Gasteiger partial charge < -0.3 is 9.69 Å². The fraction of sp³-hybridized carbons (Fsp3) is 0.524. The molecule has 0 N–H and O–H groups in total. The molecule has 130 valence electrons. The molecule has 1 aromatic rings. The van der Waals surface area contributed by atoms with Gasteiger partial charge in [-0.1, -0.05) is 29.8 Å². The number of carbonyl (C=O) groups is 2. The summed E-state index contributed by atoms with van der Waals surface area (Å²) in [5, 5.41) is 0. The zero-order valence-corrected chi connectivity index (χ0v) is 14.8. The summed E-state index contributed by atoms with van der Waals surface area (Å²) in [6.07, 6.45) is 5.42. The number of piperidine rings is 1. The molecule has 25 heavy (non-hydrogen) atoms. The first kappa shape index (κ1) is 15.3. The van der Waals surface area contributed by atoms with Crippen molar-refractivity contribution in [3.63, 3.8) is 0 Å². The Hall–Kier alpha value is -1.94. The van der Waals surface area contributed by atoms with Gasteiger partial charge in [0.2, 0.25) is 5.91 Å². The lowest BCUT2D eigenvalue weighted by atomic mass is 9.56. The molecule has 4 aliphatic rings. The lowest BCUT2D eigenvalue weighted by molar-refractivity contribution is -0.120. The summed E-state index contributed by atoms with van der Waals surface area (Å²) in [5.74, 6) is 0.219. The van der Waals surface area contributed by atoms with Crippen LogP contribution in [0.1, 0.15) is 32.3 Å². The summed E-state index contributed by atoms with van der Waals surface area (Å²) in [4.78, 5) is 29.5. The highest BCUT2D eigenvalue weighted by molar-refractivity contribution is 5.97. The highest BCUT2D eigenvalue weighted by Gasteiger charge is 2.67. The molecule has 4 heteroatoms. The molecule has 1 spiro atoms. The lowest BCUT2D eigenvalue weighted by Crippen LogP contribution is -2.65. The van der Waals surface area contributed by atoms with Crippen LogP contribution in [0.2, 0.25) is 0 Å². The van der Waals surface area contributed by atoms with Crippen LogP contribution in [0.15, 0.2) is 35.9 Å². The van der Waals surface area contributed by atoms with E-state index in [0.717, 1.165) is 37.9 Å². The van der Waals surface area contributed by atoms with Gasteiger partial charge in [-0.2, -0.15) is 0 Å². The minimum Gasteiger partial charge on any atom is -0.308 e. The zero-order valence-electron chi connectivity index (χ0n) is 14.8. The number of rotatable bonds is 1. The first-order valence-corrected chi connectivity index (χ1v) is 9.37. The molecule has 1 aromatic carbocycles. The second-order valence-corrected chi connectivity index (χ2v) is 8.05. The number of benzene rings is 1. The fourth-order valence-corrected chi connectivity index (χ4v) is 6.53. The molecular weight excluding hydrogens is 312 g/mol. The number of hydrogen-bond donors (Lipinski definition) is 0. The lowest BCUT2D eigenvalue weighted by Gasteiger charge is -2.55. The highest BCUT2D eigenvalue weighted by Crippen LogP contribution is 2.62. The SMILES string of the molecule is C/C=C1\CN2CC[C@]34c5ccccc5N(C(C)=O)[C@H]3[C@H](C=O)[C@H]1C[C@H]24. The summed E-state index contributed by atoms with van der Waals surface area (Å²) in [7, 11) is 0. The van der Waals surface area contributed by atoms with Gasteiger partial charge >= 0.3 is 0 Å². The van der Waals surface area contributed by atoms with Crippen LogP contribution in [-0.4, -0.2) is 42.3 Å². The third-order valence-electron chi connectivity index (χ3n) is 7.35. The van der Waals surface area contributed by atoms with Crippen LogP contribution in [0.4, 0.5) is 5.69 Å². The molecule has 1 aliphatic carbocycles. The smallest absolute Gasteiger partial charge is 0.224 e. The molecule has 3 aliphatic heterocycles. The van der Waals surface area contributed by atoms with Crippen molar-refractivity contribution in [2.24, 2.45) is 11.8 Å². The van der Waals surface area contributed by atoms with E-state index in [4.69, 9.17) is 0 Å². The van der Waals surface area contributed by atoms with E-state index in [1.54, 1.807) is 6.92 Å². The van der Waals surface area contributed by atoms with Crippen molar-refractivity contribution in [2.75, 3.05) is 18.0 Å². The maximum Gasteiger partial charge on any atom is 0.224 e. The van der Waals surface area contributed by atoms with Crippen LogP contribution in [0.25, 0.3) is 0 Å². The summed E-state index contributed by atoms with van der Waals surface area (Å²) in [6, 6.07) is 8.75. The molecule has 1 amide bonds. The van der Waals surface area contributed by atoms with Crippen LogP contribution >= 0.6 is 0 Å². The molecule has 3 heterocycles. The van der Waals surface area contributed by atoms with Crippen LogP contribution < -0.4 is 4.90 Å². The van der Waals surface area contributed by atoms with Gasteiger partial charge in [0.05, 0.1) is 6.04 Å². The average molecular weight is 336 g/mol. The minimum atomic E-state index is -0.112. The first-order valence-electron chi connectivity index (χ1n) is 9.37. The van der Waals surface area contributed by atoms with Crippen molar-refractivity contribution >= 4 is 17.9 Å². The average Bonchev–Trinajstić information content (AvgIpc) is 3.15. The second-order valence-electron chi connectivity index (χ2n) is 8.05. The van der Waals surface area contributed by atoms with Gasteiger partial charge in [-0.05, 0) is 43.9 Å². The Balaban J connectivity index is 1.78. The van der Waals surface area contributed by atoms with Gasteiger partial charge in [0.25, 0.3) is 0 Å². The summed E-state index contributed by atoms with van der Waals surface area (Å²) in [5.41, 5.74) is 3.62. The van der Waals surface area contributed by atoms with Crippen molar-refractivity contribution < 1.29 is 9.59 Å². The molecule has 4 nitrogen and oxygen atoms in total. The van der Waals surface area contributed by atoms with Crippen molar-refractivity contribution in [3.05, 3.63) is 41.5 Å². The molecule has 2 bridgehead atoms. The highest BCUT2D eigenvalue weighted by atomic mass is 16.2. The van der Waals surface area contributed by atoms with Gasteiger partial charge in [0.1, 0.15) is 6.29 Å². The molecule has 0 radical (unpaired) electrons. The van der Waals surface area contributed by atoms with Gasteiger partial charge in [-0.3, -0.25) is 9.69 Å². The first-order chi connectivity index (χ1) is 12.1. The van der Waals surface area contributed by atoms with Crippen LogP contribution in [-0.2, 0) is 15.0 Å². The fourth-order valence-electron chi connectivity index (χ4n) is 6.53. The predicted octanol–water partition coefficient (Wildman–Crippen LogP) is 2.53. The largest absolute Gasteiger partial charge is 0.308 e. The Labute approximate surface area is 148 Å². The maximum absolute atomic E-state index is 12.6. The molecule has 5 rings (SSSR count). The number of para-hydroxylation sites is 1. The summed E-state index contributed by atoms with van der Waals surface area (Å²) >= 11 is 0. The van der Waals surface area contributed by atoms with Gasteiger partial charge in [-0.15, -0.1) is 0 Å². The van der Waals surface area contributed by atoms with E-state index < -0.39 is 0 Å². The van der Waals surface area contributed by atoms with Crippen molar-refractivity contribution in [3.8, 4) is 0 Å². The Morgan fingerprint density at radius 1 is 1.32 bits per heavy atom. The molecular formula is C21H24N2O2. The van der Waals surface area contributed by atoms with E-state index in [2.05, 4.69) is 36.1 Å². The Bertz CT molecular complexity index is 801. The number of anilines is 1. The number of hydrogen-bond acceptors (Lipinski definition) is 3. The number of fused-ring (bicyclic) bond motifs is 2. The van der Waals surface area contributed by atoms with E-state index >= 15 is 0 Å². The van der Waals surface area contributed by atoms with Gasteiger partial charge in [-0.25, -0.2) is 0 Å². The third kappa shape index (κ3) is 1.66. The summed E-state index contributed by atoms with van der Waals surface area (Å²) < 4.78 is 0. The summed E-state index contributed by atoms with van der Waals surface area (Å²) in [6.45, 7) is 5.76. The van der Waals surface area contributed by atoms with Crippen molar-refractivity contribution in [1.82, 2.24) is 4.90 Å². The molecule has 2 saturated heterocycles. The van der Waals surface area contributed by atoms with Crippen LogP contribution in [0, 0.1) is 11.8 Å². The Morgan fingerprint density at radius 2 is 2.12 bits per heavy atom. The number of nitrogens with zero attached hydrogens (tertiary/aromatic N) is 2. The third-order valence-corrected chi connectivity index (χ3v) is 7.35. The molecule has 5 atom stereocenters. The quantitative estimate of drug-likeness (QED) is 0.584. The Kier molecular flexibility index (Phi) is 3.09. The predicted molar refractivity (Wildman–Crippen MR) is 96.5 cm³/mol. The number of allylic oxidation sites excluding steroid dienone is 1. The van der Waals surface area contributed by atoms with Gasteiger partial charge in [0.15, 0.2) is 0 Å². The molecule has 1 saturated carbocycles. The molecule has 0 aromatic heterocycles. The van der Waals surface area contributed by atoms with E-state index in [1.807, 2.05) is 11.0 Å². The van der Waals surface area contributed by atoms with E-state index in [9.17, 15) is 9.59 Å². The number of aldehydes is 1. The topological polar surface area (TPSA) is 40.6 Å². The second kappa shape index (κ2) is 5.04. The number of amides is 1. The normalized spacial score (nSPS) is 40.1. The molecule has 3 fully saturated rings. The molecule has 0 unspecified atom stereocenters. The Morgan fingerprint density at radius 3 is 2.84 bits per heavy atom. The zero-order chi connectivity index (χ0) is 17.3. The number of carbonyl (C=O) groups excluding carboxylic acids is 2. The van der Waals surface area contributed by atoms with Gasteiger partial charge in [0, 0.05) is 36.5 Å². The standard InChI is InChI=1S/C21H24N2O2/c1-3-14-11-22-9-8-21-17-6-4-5-7-18(17)23(13(2)25)20(21)16(12-24)15(14)10-19(21)22/h3-7,12,15-16,19-20H,8-11H2,1-2H3/b14-3+/t15-,16+,19-,20-,21+/m0/s1. The monoisotopic (exact) mass is 336 g/mol. The van der Waals surface area contributed by atoms with E-state index in [0.29, 0.717) is 6.04 Å². The van der Waals surface area contributed by atoms with E-state index in [-0.39, 0.29) is 29.2 Å². The van der Waals surface area contributed by atoms with Crippen molar-refractivity contribution in [1.29, 1.82) is 0 Å². The van der Waals surface area contributed by atoms with Crippen molar-refractivity contribution in [2.45, 2.75) is 44.2 Å².